The SMILES string of the molecule is COC(=O)CCc1ccc(C#N)c(F)c1. The van der Waals surface area contributed by atoms with Gasteiger partial charge in [-0.2, -0.15) is 5.26 Å². The monoisotopic (exact) mass is 207 g/mol. The molecule has 3 nitrogen and oxygen atoms in total. The lowest BCUT2D eigenvalue weighted by Crippen LogP contribution is -2.02. The average Bonchev–Trinajstić information content (AvgIpc) is 2.26. The molecule has 0 N–H and O–H groups in total. The van der Waals surface area contributed by atoms with E-state index in [-0.39, 0.29) is 18.0 Å². The fourth-order valence-electron chi connectivity index (χ4n) is 1.15. The summed E-state index contributed by atoms with van der Waals surface area (Å²) in [5, 5.41) is 8.50. The molecule has 78 valence electrons. The van der Waals surface area contributed by atoms with Crippen LogP contribution in [-0.4, -0.2) is 13.1 Å². The maximum Gasteiger partial charge on any atom is 0.305 e. The van der Waals surface area contributed by atoms with Crippen LogP contribution in [0.5, 0.6) is 0 Å². The number of halogens is 1. The van der Waals surface area contributed by atoms with Crippen molar-refractivity contribution < 1.29 is 13.9 Å². The Hall–Kier alpha value is -1.89. The number of nitriles is 1. The maximum absolute atomic E-state index is 13.1. The summed E-state index contributed by atoms with van der Waals surface area (Å²) >= 11 is 0. The minimum absolute atomic E-state index is 0.0109. The van der Waals surface area contributed by atoms with E-state index < -0.39 is 5.82 Å². The van der Waals surface area contributed by atoms with Crippen LogP contribution in [0.3, 0.4) is 0 Å². The van der Waals surface area contributed by atoms with Gasteiger partial charge in [-0.1, -0.05) is 6.07 Å². The van der Waals surface area contributed by atoms with Crippen molar-refractivity contribution >= 4 is 5.97 Å². The number of hydrogen-bond acceptors (Lipinski definition) is 3. The number of ether oxygens (including phenoxy) is 1. The van der Waals surface area contributed by atoms with Crippen LogP contribution in [0.15, 0.2) is 18.2 Å². The van der Waals surface area contributed by atoms with Crippen LogP contribution in [0.4, 0.5) is 4.39 Å². The lowest BCUT2D eigenvalue weighted by molar-refractivity contribution is -0.140. The van der Waals surface area contributed by atoms with Gasteiger partial charge < -0.3 is 4.74 Å². The van der Waals surface area contributed by atoms with Crippen LogP contribution < -0.4 is 0 Å². The van der Waals surface area contributed by atoms with Gasteiger partial charge in [0.05, 0.1) is 12.7 Å². The zero-order valence-corrected chi connectivity index (χ0v) is 8.29. The number of rotatable bonds is 3. The Labute approximate surface area is 87.1 Å². The van der Waals surface area contributed by atoms with Gasteiger partial charge >= 0.3 is 5.97 Å². The molecule has 1 aromatic carbocycles. The number of aryl methyl sites for hydroxylation is 1. The van der Waals surface area contributed by atoms with Crippen LogP contribution >= 0.6 is 0 Å². The third kappa shape index (κ3) is 3.06. The molecule has 0 aromatic heterocycles. The van der Waals surface area contributed by atoms with Crippen molar-refractivity contribution in [3.63, 3.8) is 0 Å². The number of methoxy groups -OCH3 is 1. The molecule has 1 aromatic rings. The highest BCUT2D eigenvalue weighted by molar-refractivity contribution is 5.69. The van der Waals surface area contributed by atoms with Crippen LogP contribution in [-0.2, 0) is 16.0 Å². The van der Waals surface area contributed by atoms with Gasteiger partial charge in [-0.25, -0.2) is 4.39 Å². The van der Waals surface area contributed by atoms with Gasteiger partial charge in [0.25, 0.3) is 0 Å². The predicted octanol–water partition coefficient (Wildman–Crippen LogP) is 1.80. The third-order valence-electron chi connectivity index (χ3n) is 2.00. The minimum Gasteiger partial charge on any atom is -0.469 e. The molecule has 0 unspecified atom stereocenters. The molecule has 0 spiro atoms. The Morgan fingerprint density at radius 3 is 2.87 bits per heavy atom. The zero-order chi connectivity index (χ0) is 11.3. The van der Waals surface area contributed by atoms with Gasteiger partial charge in [0.2, 0.25) is 0 Å². The van der Waals surface area contributed by atoms with Crippen LogP contribution in [0.25, 0.3) is 0 Å². The summed E-state index contributed by atoms with van der Waals surface area (Å²) < 4.78 is 17.6. The average molecular weight is 207 g/mol. The molecule has 0 amide bonds. The van der Waals surface area contributed by atoms with Crippen molar-refractivity contribution in [3.05, 3.63) is 35.1 Å². The first-order chi connectivity index (χ1) is 7.17. The number of carbonyl (C=O) groups excluding carboxylic acids is 1. The molecule has 0 bridgehead atoms. The van der Waals surface area contributed by atoms with Crippen molar-refractivity contribution in [2.45, 2.75) is 12.8 Å². The topological polar surface area (TPSA) is 50.1 Å². The molecule has 0 aliphatic carbocycles. The molecule has 15 heavy (non-hydrogen) atoms. The molecule has 0 aliphatic heterocycles. The molecule has 0 fully saturated rings. The van der Waals surface area contributed by atoms with Crippen LogP contribution in [0.2, 0.25) is 0 Å². The Kier molecular flexibility index (Phi) is 3.81. The highest BCUT2D eigenvalue weighted by Crippen LogP contribution is 2.11. The summed E-state index contributed by atoms with van der Waals surface area (Å²) in [5.41, 5.74) is 0.689. The molecule has 0 atom stereocenters. The first-order valence-electron chi connectivity index (χ1n) is 4.42. The molecule has 0 heterocycles. The fourth-order valence-corrected chi connectivity index (χ4v) is 1.15. The van der Waals surface area contributed by atoms with Gasteiger partial charge in [0.1, 0.15) is 11.9 Å². The van der Waals surface area contributed by atoms with Crippen molar-refractivity contribution in [3.8, 4) is 6.07 Å². The Balaban J connectivity index is 2.68. The summed E-state index contributed by atoms with van der Waals surface area (Å²) in [4.78, 5) is 10.8. The van der Waals surface area contributed by atoms with E-state index in [0.29, 0.717) is 12.0 Å². The van der Waals surface area contributed by atoms with Gasteiger partial charge in [-0.3, -0.25) is 4.79 Å². The van der Waals surface area contributed by atoms with Gasteiger partial charge in [-0.15, -0.1) is 0 Å². The molecule has 0 saturated carbocycles. The van der Waals surface area contributed by atoms with Crippen LogP contribution in [0, 0.1) is 17.1 Å². The van der Waals surface area contributed by atoms with Crippen LogP contribution in [0.1, 0.15) is 17.5 Å². The van der Waals surface area contributed by atoms with Crippen molar-refractivity contribution in [2.24, 2.45) is 0 Å². The second-order valence-electron chi connectivity index (χ2n) is 3.00. The largest absolute Gasteiger partial charge is 0.469 e. The lowest BCUT2D eigenvalue weighted by Gasteiger charge is -2.01. The minimum atomic E-state index is -0.556. The number of benzene rings is 1. The fraction of sp³-hybridized carbons (Fsp3) is 0.273. The van der Waals surface area contributed by atoms with E-state index in [0.717, 1.165) is 0 Å². The summed E-state index contributed by atoms with van der Waals surface area (Å²) in [6, 6.07) is 6.03. The summed E-state index contributed by atoms with van der Waals surface area (Å²) in [5.74, 6) is -0.889. The van der Waals surface area contributed by atoms with Gasteiger partial charge in [-0.05, 0) is 24.1 Å². The van der Waals surface area contributed by atoms with E-state index in [1.165, 1.54) is 19.2 Å². The second kappa shape index (κ2) is 5.11. The zero-order valence-electron chi connectivity index (χ0n) is 8.29. The smallest absolute Gasteiger partial charge is 0.305 e. The quantitative estimate of drug-likeness (QED) is 0.710. The maximum atomic E-state index is 13.1. The lowest BCUT2D eigenvalue weighted by atomic mass is 10.1. The molecule has 0 aliphatic rings. The normalized spacial score (nSPS) is 9.40. The Morgan fingerprint density at radius 1 is 1.60 bits per heavy atom. The Morgan fingerprint density at radius 2 is 2.33 bits per heavy atom. The highest BCUT2D eigenvalue weighted by Gasteiger charge is 2.05. The van der Waals surface area contributed by atoms with Gasteiger partial charge in [0, 0.05) is 6.42 Å². The van der Waals surface area contributed by atoms with Crippen molar-refractivity contribution in [1.29, 1.82) is 5.26 Å². The third-order valence-corrected chi connectivity index (χ3v) is 2.00. The standard InChI is InChI=1S/C11H10FNO2/c1-15-11(14)5-3-8-2-4-9(7-13)10(12)6-8/h2,4,6H,3,5H2,1H3. The van der Waals surface area contributed by atoms with E-state index in [2.05, 4.69) is 4.74 Å². The Bertz CT molecular complexity index is 410. The van der Waals surface area contributed by atoms with E-state index in [1.807, 2.05) is 0 Å². The second-order valence-corrected chi connectivity index (χ2v) is 3.00. The molecule has 0 radical (unpaired) electrons. The molecule has 1 rings (SSSR count). The first kappa shape index (κ1) is 11.2. The van der Waals surface area contributed by atoms with E-state index in [4.69, 9.17) is 5.26 Å². The van der Waals surface area contributed by atoms with Crippen molar-refractivity contribution in [2.75, 3.05) is 7.11 Å². The predicted molar refractivity (Wildman–Crippen MR) is 51.5 cm³/mol. The van der Waals surface area contributed by atoms with E-state index >= 15 is 0 Å². The molecule has 0 saturated heterocycles. The number of hydrogen-bond donors (Lipinski definition) is 0. The molecular formula is C11H10FNO2. The number of nitrogens with zero attached hydrogens (tertiary/aromatic N) is 1. The number of carbonyl (C=O) groups is 1. The highest BCUT2D eigenvalue weighted by atomic mass is 19.1. The number of esters is 1. The molecular weight excluding hydrogens is 197 g/mol. The van der Waals surface area contributed by atoms with Crippen molar-refractivity contribution in [1.82, 2.24) is 0 Å². The summed E-state index contributed by atoms with van der Waals surface area (Å²) in [6.45, 7) is 0. The molecule has 4 heteroatoms. The summed E-state index contributed by atoms with van der Waals surface area (Å²) in [7, 11) is 1.31. The first-order valence-corrected chi connectivity index (χ1v) is 4.42. The van der Waals surface area contributed by atoms with E-state index in [9.17, 15) is 9.18 Å². The van der Waals surface area contributed by atoms with Gasteiger partial charge in [0.15, 0.2) is 0 Å². The summed E-state index contributed by atoms with van der Waals surface area (Å²) in [6.07, 6.45) is 0.622. The van der Waals surface area contributed by atoms with E-state index in [1.54, 1.807) is 12.1 Å².